The van der Waals surface area contributed by atoms with Gasteiger partial charge in [0.1, 0.15) is 17.5 Å². The Bertz CT molecular complexity index is 709. The summed E-state index contributed by atoms with van der Waals surface area (Å²) in [6.07, 6.45) is 1.42. The highest BCUT2D eigenvalue weighted by Gasteiger charge is 2.13. The van der Waals surface area contributed by atoms with Gasteiger partial charge in [0.2, 0.25) is 0 Å². The van der Waals surface area contributed by atoms with Crippen molar-refractivity contribution in [2.45, 2.75) is 26.8 Å². The number of benzene rings is 1. The van der Waals surface area contributed by atoms with Gasteiger partial charge in [-0.1, -0.05) is 13.8 Å². The van der Waals surface area contributed by atoms with Crippen molar-refractivity contribution >= 4 is 11.7 Å². The zero-order chi connectivity index (χ0) is 16.3. The Balaban J connectivity index is 2.18. The third-order valence-corrected chi connectivity index (χ3v) is 3.66. The molecule has 6 heteroatoms. The van der Waals surface area contributed by atoms with Crippen molar-refractivity contribution in [1.82, 2.24) is 15.1 Å². The number of nitrogens with one attached hydrogen (secondary N) is 1. The molecule has 0 aliphatic carbocycles. The monoisotopic (exact) mass is 297 g/mol. The number of rotatable bonds is 4. The molecular formula is C16H19N5O. The Morgan fingerprint density at radius 2 is 1.95 bits per heavy atom. The van der Waals surface area contributed by atoms with Gasteiger partial charge in [0.05, 0.1) is 11.9 Å². The van der Waals surface area contributed by atoms with Crippen LogP contribution in [0.15, 0.2) is 30.5 Å². The van der Waals surface area contributed by atoms with E-state index in [-0.39, 0.29) is 17.8 Å². The van der Waals surface area contributed by atoms with Crippen molar-refractivity contribution in [3.63, 3.8) is 0 Å². The number of aromatic nitrogens is 2. The number of carbonyl (C=O) groups excluding carboxylic acids is 1. The third-order valence-electron chi connectivity index (χ3n) is 3.66. The predicted octanol–water partition coefficient (Wildman–Crippen LogP) is 2.10. The molecule has 22 heavy (non-hydrogen) atoms. The number of nitrogens with zero attached hydrogens (tertiary/aromatic N) is 3. The fraction of sp³-hybridized carbons (Fsp3) is 0.312. The van der Waals surface area contributed by atoms with Gasteiger partial charge < -0.3 is 11.1 Å². The molecule has 0 spiro atoms. The first kappa shape index (κ1) is 15.6. The maximum absolute atomic E-state index is 12.1. The number of amides is 1. The highest BCUT2D eigenvalue weighted by Crippen LogP contribution is 2.17. The molecule has 1 heterocycles. The van der Waals surface area contributed by atoms with E-state index in [9.17, 15) is 4.79 Å². The largest absolute Gasteiger partial charge is 0.382 e. The summed E-state index contributed by atoms with van der Waals surface area (Å²) in [4.78, 5) is 12.1. The summed E-state index contributed by atoms with van der Waals surface area (Å²) in [5, 5.41) is 15.9. The van der Waals surface area contributed by atoms with E-state index in [0.717, 1.165) is 0 Å². The van der Waals surface area contributed by atoms with E-state index in [1.165, 1.54) is 10.9 Å². The fourth-order valence-electron chi connectivity index (χ4n) is 1.86. The van der Waals surface area contributed by atoms with Crippen molar-refractivity contribution in [2.24, 2.45) is 5.92 Å². The van der Waals surface area contributed by atoms with Crippen molar-refractivity contribution in [3.8, 4) is 11.8 Å². The van der Waals surface area contributed by atoms with Gasteiger partial charge in [-0.25, -0.2) is 4.68 Å². The smallest absolute Gasteiger partial charge is 0.251 e. The Hall–Kier alpha value is -2.81. The number of hydrogen-bond donors (Lipinski definition) is 2. The molecule has 1 aromatic heterocycles. The lowest BCUT2D eigenvalue weighted by Gasteiger charge is -2.17. The summed E-state index contributed by atoms with van der Waals surface area (Å²) in [5.41, 5.74) is 7.44. The Morgan fingerprint density at radius 1 is 1.32 bits per heavy atom. The SMILES string of the molecule is CC(C)C(C)NC(=O)c1ccc(-n2ncc(C#N)c2N)cc1. The molecule has 6 nitrogen and oxygen atoms in total. The minimum atomic E-state index is -0.112. The van der Waals surface area contributed by atoms with Crippen LogP contribution in [0.3, 0.4) is 0 Å². The van der Waals surface area contributed by atoms with Crippen molar-refractivity contribution in [2.75, 3.05) is 5.73 Å². The normalized spacial score (nSPS) is 12.0. The summed E-state index contributed by atoms with van der Waals surface area (Å²) in [6, 6.07) is 9.00. The van der Waals surface area contributed by atoms with Crippen LogP contribution in [-0.4, -0.2) is 21.7 Å². The lowest BCUT2D eigenvalue weighted by Crippen LogP contribution is -2.36. The average molecular weight is 297 g/mol. The molecule has 0 bridgehead atoms. The molecular weight excluding hydrogens is 278 g/mol. The maximum atomic E-state index is 12.1. The summed E-state index contributed by atoms with van der Waals surface area (Å²) < 4.78 is 1.47. The Morgan fingerprint density at radius 3 is 2.45 bits per heavy atom. The molecule has 0 aliphatic rings. The molecule has 114 valence electrons. The highest BCUT2D eigenvalue weighted by molar-refractivity contribution is 5.94. The first-order chi connectivity index (χ1) is 10.4. The average Bonchev–Trinajstić information content (AvgIpc) is 2.88. The molecule has 0 saturated heterocycles. The second-order valence-corrected chi connectivity index (χ2v) is 5.52. The van der Waals surface area contributed by atoms with E-state index >= 15 is 0 Å². The molecule has 2 rings (SSSR count). The molecule has 0 fully saturated rings. The number of nitrogen functional groups attached to an aromatic ring is 1. The van der Waals surface area contributed by atoms with Crippen LogP contribution >= 0.6 is 0 Å². The molecule has 1 unspecified atom stereocenters. The molecule has 0 saturated carbocycles. The number of hydrogen-bond acceptors (Lipinski definition) is 4. The summed E-state index contributed by atoms with van der Waals surface area (Å²) in [5.74, 6) is 0.545. The number of nitrogens with two attached hydrogens (primary N) is 1. The lowest BCUT2D eigenvalue weighted by atomic mass is 10.1. The quantitative estimate of drug-likeness (QED) is 0.903. The zero-order valence-electron chi connectivity index (χ0n) is 12.9. The number of anilines is 1. The minimum Gasteiger partial charge on any atom is -0.382 e. The van der Waals surface area contributed by atoms with Gasteiger partial charge >= 0.3 is 0 Å². The summed E-state index contributed by atoms with van der Waals surface area (Å²) in [7, 11) is 0. The molecule has 3 N–H and O–H groups in total. The van der Waals surface area contributed by atoms with Crippen molar-refractivity contribution in [1.29, 1.82) is 5.26 Å². The van der Waals surface area contributed by atoms with Crippen LogP contribution in [-0.2, 0) is 0 Å². The summed E-state index contributed by atoms with van der Waals surface area (Å²) in [6.45, 7) is 6.09. The topological polar surface area (TPSA) is 96.7 Å². The van der Waals surface area contributed by atoms with Crippen LogP contribution in [0.1, 0.15) is 36.7 Å². The second-order valence-electron chi connectivity index (χ2n) is 5.52. The zero-order valence-corrected chi connectivity index (χ0v) is 12.9. The van der Waals surface area contributed by atoms with Crippen LogP contribution in [0.5, 0.6) is 0 Å². The van der Waals surface area contributed by atoms with E-state index in [1.54, 1.807) is 24.3 Å². The van der Waals surface area contributed by atoms with Gasteiger partial charge in [-0.15, -0.1) is 0 Å². The fourth-order valence-corrected chi connectivity index (χ4v) is 1.86. The lowest BCUT2D eigenvalue weighted by molar-refractivity contribution is 0.0930. The van der Waals surface area contributed by atoms with Crippen LogP contribution in [0.4, 0.5) is 5.82 Å². The van der Waals surface area contributed by atoms with Gasteiger partial charge in [-0.2, -0.15) is 10.4 Å². The molecule has 1 atom stereocenters. The molecule has 0 aliphatic heterocycles. The van der Waals surface area contributed by atoms with E-state index in [1.807, 2.05) is 13.0 Å². The standard InChI is InChI=1S/C16H19N5O/c1-10(2)11(3)20-16(22)12-4-6-14(7-5-12)21-15(18)13(8-17)9-19-21/h4-7,9-11H,18H2,1-3H3,(H,20,22). The molecule has 1 amide bonds. The number of carbonyl (C=O) groups is 1. The van der Waals surface area contributed by atoms with Crippen molar-refractivity contribution in [3.05, 3.63) is 41.6 Å². The van der Waals surface area contributed by atoms with Crippen LogP contribution in [0.25, 0.3) is 5.69 Å². The third kappa shape index (κ3) is 3.09. The van der Waals surface area contributed by atoms with Crippen LogP contribution in [0, 0.1) is 17.2 Å². The van der Waals surface area contributed by atoms with Crippen LogP contribution in [0.2, 0.25) is 0 Å². The van der Waals surface area contributed by atoms with Gasteiger partial charge in [0.15, 0.2) is 0 Å². The molecule has 1 aromatic carbocycles. The van der Waals surface area contributed by atoms with E-state index in [2.05, 4.69) is 24.3 Å². The van der Waals surface area contributed by atoms with Crippen molar-refractivity contribution < 1.29 is 4.79 Å². The maximum Gasteiger partial charge on any atom is 0.251 e. The van der Waals surface area contributed by atoms with E-state index < -0.39 is 0 Å². The van der Waals surface area contributed by atoms with Crippen LogP contribution < -0.4 is 11.1 Å². The first-order valence-electron chi connectivity index (χ1n) is 7.09. The second kappa shape index (κ2) is 6.31. The van der Waals surface area contributed by atoms with E-state index in [0.29, 0.717) is 22.7 Å². The van der Waals surface area contributed by atoms with E-state index in [4.69, 9.17) is 11.0 Å². The summed E-state index contributed by atoms with van der Waals surface area (Å²) >= 11 is 0. The Labute approximate surface area is 129 Å². The number of nitriles is 1. The predicted molar refractivity (Wildman–Crippen MR) is 84.5 cm³/mol. The van der Waals surface area contributed by atoms with Gasteiger partial charge in [0, 0.05) is 11.6 Å². The highest BCUT2D eigenvalue weighted by atomic mass is 16.1. The minimum absolute atomic E-state index is 0.104. The first-order valence-corrected chi connectivity index (χ1v) is 7.09. The molecule has 2 aromatic rings. The van der Waals surface area contributed by atoms with Gasteiger partial charge in [-0.3, -0.25) is 4.79 Å². The molecule has 0 radical (unpaired) electrons. The van der Waals surface area contributed by atoms with Gasteiger partial charge in [0.25, 0.3) is 5.91 Å². The Kier molecular flexibility index (Phi) is 4.47. The van der Waals surface area contributed by atoms with Gasteiger partial charge in [-0.05, 0) is 37.1 Å².